The average molecular weight is 238 g/mol. The van der Waals surface area contributed by atoms with E-state index >= 15 is 0 Å². The molecule has 4 unspecified atom stereocenters. The van der Waals surface area contributed by atoms with Crippen molar-refractivity contribution in [2.24, 2.45) is 35.0 Å². The fourth-order valence-corrected chi connectivity index (χ4v) is 4.13. The third kappa shape index (κ3) is 4.64. The van der Waals surface area contributed by atoms with Gasteiger partial charge in [-0.1, -0.05) is 54.9 Å². The van der Waals surface area contributed by atoms with E-state index in [-0.39, 0.29) is 0 Å². The zero-order chi connectivity index (χ0) is 13.2. The van der Waals surface area contributed by atoms with Crippen molar-refractivity contribution in [3.8, 4) is 0 Å². The van der Waals surface area contributed by atoms with E-state index in [1.165, 1.54) is 25.7 Å². The fourth-order valence-electron chi connectivity index (χ4n) is 4.13. The molecule has 0 spiro atoms. The van der Waals surface area contributed by atoms with Gasteiger partial charge in [0.1, 0.15) is 0 Å². The van der Waals surface area contributed by atoms with Gasteiger partial charge in [0.2, 0.25) is 0 Å². The van der Waals surface area contributed by atoms with Crippen LogP contribution in [0.5, 0.6) is 0 Å². The van der Waals surface area contributed by atoms with E-state index in [1.807, 2.05) is 0 Å². The summed E-state index contributed by atoms with van der Waals surface area (Å²) in [7, 11) is 0. The molecule has 0 heteroatoms. The van der Waals surface area contributed by atoms with Gasteiger partial charge in [0.05, 0.1) is 0 Å². The Labute approximate surface area is 110 Å². The van der Waals surface area contributed by atoms with Crippen molar-refractivity contribution >= 4 is 0 Å². The molecule has 0 aromatic heterocycles. The van der Waals surface area contributed by atoms with Gasteiger partial charge in [-0.05, 0) is 54.3 Å². The molecule has 0 heterocycles. The summed E-state index contributed by atoms with van der Waals surface area (Å²) < 4.78 is 0. The molecule has 0 radical (unpaired) electrons. The van der Waals surface area contributed by atoms with Crippen LogP contribution in [0.2, 0.25) is 0 Å². The zero-order valence-corrected chi connectivity index (χ0v) is 13.2. The second kappa shape index (κ2) is 5.76. The minimum absolute atomic E-state index is 0.495. The largest absolute Gasteiger partial charge is 0.0625 e. The lowest BCUT2D eigenvalue weighted by molar-refractivity contribution is 0.190. The highest BCUT2D eigenvalue weighted by molar-refractivity contribution is 4.85. The van der Waals surface area contributed by atoms with E-state index in [4.69, 9.17) is 0 Å². The number of hydrogen-bond donors (Lipinski definition) is 0. The van der Waals surface area contributed by atoms with Gasteiger partial charge in [0.25, 0.3) is 0 Å². The Kier molecular flexibility index (Phi) is 5.10. The Bertz CT molecular complexity index is 221. The summed E-state index contributed by atoms with van der Waals surface area (Å²) in [4.78, 5) is 0. The van der Waals surface area contributed by atoms with Crippen molar-refractivity contribution in [2.45, 2.75) is 74.1 Å². The Hall–Kier alpha value is 0. The molecule has 1 saturated carbocycles. The molecular formula is C17H34. The first-order valence-electron chi connectivity index (χ1n) is 7.70. The Balaban J connectivity index is 2.53. The molecule has 0 aromatic rings. The van der Waals surface area contributed by atoms with Crippen molar-refractivity contribution in [3.05, 3.63) is 0 Å². The summed E-state index contributed by atoms with van der Waals surface area (Å²) >= 11 is 0. The molecule has 0 saturated heterocycles. The molecule has 0 N–H and O–H groups in total. The highest BCUT2D eigenvalue weighted by atomic mass is 14.4. The maximum Gasteiger partial charge on any atom is -0.0355 e. The lowest BCUT2D eigenvalue weighted by atomic mass is 9.75. The van der Waals surface area contributed by atoms with Crippen LogP contribution in [-0.4, -0.2) is 0 Å². The van der Waals surface area contributed by atoms with Crippen LogP contribution in [0.15, 0.2) is 0 Å². The fraction of sp³-hybridized carbons (Fsp3) is 1.00. The monoisotopic (exact) mass is 238 g/mol. The van der Waals surface area contributed by atoms with E-state index < -0.39 is 0 Å². The van der Waals surface area contributed by atoms with Crippen LogP contribution in [0.4, 0.5) is 0 Å². The molecule has 1 rings (SSSR count). The SMILES string of the molecule is CC(CC1C(C)CCC1C(C)C)CC(C)(C)C. The summed E-state index contributed by atoms with van der Waals surface area (Å²) in [5.74, 6) is 4.72. The van der Waals surface area contributed by atoms with Crippen LogP contribution in [0.1, 0.15) is 74.1 Å². The van der Waals surface area contributed by atoms with Gasteiger partial charge in [-0.2, -0.15) is 0 Å². The predicted octanol–water partition coefficient (Wildman–Crippen LogP) is 5.77. The summed E-state index contributed by atoms with van der Waals surface area (Å²) in [5.41, 5.74) is 0.495. The third-order valence-corrected chi connectivity index (χ3v) is 4.73. The molecule has 17 heavy (non-hydrogen) atoms. The second-order valence-electron chi connectivity index (χ2n) is 8.23. The Morgan fingerprint density at radius 3 is 2.12 bits per heavy atom. The number of hydrogen-bond acceptors (Lipinski definition) is 0. The molecule has 102 valence electrons. The molecular weight excluding hydrogens is 204 g/mol. The maximum atomic E-state index is 2.48. The minimum Gasteiger partial charge on any atom is -0.0625 e. The Morgan fingerprint density at radius 2 is 1.65 bits per heavy atom. The van der Waals surface area contributed by atoms with E-state index in [9.17, 15) is 0 Å². The van der Waals surface area contributed by atoms with Crippen LogP contribution >= 0.6 is 0 Å². The van der Waals surface area contributed by atoms with Gasteiger partial charge in [-0.25, -0.2) is 0 Å². The van der Waals surface area contributed by atoms with Gasteiger partial charge in [-0.15, -0.1) is 0 Å². The lowest BCUT2D eigenvalue weighted by Crippen LogP contribution is -2.22. The van der Waals surface area contributed by atoms with Crippen LogP contribution in [0.3, 0.4) is 0 Å². The van der Waals surface area contributed by atoms with Crippen molar-refractivity contribution in [1.82, 2.24) is 0 Å². The molecule has 0 aliphatic heterocycles. The van der Waals surface area contributed by atoms with E-state index in [2.05, 4.69) is 48.5 Å². The van der Waals surface area contributed by atoms with Gasteiger partial charge < -0.3 is 0 Å². The normalized spacial score (nSPS) is 32.1. The molecule has 0 amide bonds. The van der Waals surface area contributed by atoms with Crippen molar-refractivity contribution in [2.75, 3.05) is 0 Å². The van der Waals surface area contributed by atoms with E-state index in [0.29, 0.717) is 5.41 Å². The smallest absolute Gasteiger partial charge is 0.0355 e. The highest BCUT2D eigenvalue weighted by Crippen LogP contribution is 2.45. The standard InChI is InChI=1S/C17H34/c1-12(2)15-9-8-14(4)16(15)10-13(3)11-17(5,6)7/h12-16H,8-11H2,1-7H3. The van der Waals surface area contributed by atoms with Gasteiger partial charge >= 0.3 is 0 Å². The summed E-state index contributed by atoms with van der Waals surface area (Å²) in [6.45, 7) is 16.9. The van der Waals surface area contributed by atoms with Crippen LogP contribution < -0.4 is 0 Å². The van der Waals surface area contributed by atoms with Crippen LogP contribution in [0.25, 0.3) is 0 Å². The topological polar surface area (TPSA) is 0 Å². The molecule has 4 atom stereocenters. The molecule has 0 bridgehead atoms. The maximum absolute atomic E-state index is 2.48. The molecule has 0 nitrogen and oxygen atoms in total. The molecule has 1 aliphatic carbocycles. The third-order valence-electron chi connectivity index (χ3n) is 4.73. The number of rotatable bonds is 4. The highest BCUT2D eigenvalue weighted by Gasteiger charge is 2.35. The Morgan fingerprint density at radius 1 is 1.06 bits per heavy atom. The van der Waals surface area contributed by atoms with E-state index in [0.717, 1.165) is 29.6 Å². The molecule has 1 fully saturated rings. The quantitative estimate of drug-likeness (QED) is 0.583. The molecule has 0 aromatic carbocycles. The van der Waals surface area contributed by atoms with Crippen molar-refractivity contribution in [3.63, 3.8) is 0 Å². The van der Waals surface area contributed by atoms with Crippen molar-refractivity contribution < 1.29 is 0 Å². The lowest BCUT2D eigenvalue weighted by Gasteiger charge is -2.31. The first kappa shape index (κ1) is 15.1. The van der Waals surface area contributed by atoms with Crippen LogP contribution in [-0.2, 0) is 0 Å². The summed E-state index contributed by atoms with van der Waals surface area (Å²) in [5, 5.41) is 0. The first-order valence-corrected chi connectivity index (χ1v) is 7.70. The second-order valence-corrected chi connectivity index (χ2v) is 8.23. The van der Waals surface area contributed by atoms with Gasteiger partial charge in [0.15, 0.2) is 0 Å². The molecule has 1 aliphatic rings. The van der Waals surface area contributed by atoms with Crippen molar-refractivity contribution in [1.29, 1.82) is 0 Å². The summed E-state index contributed by atoms with van der Waals surface area (Å²) in [6.07, 6.45) is 5.78. The van der Waals surface area contributed by atoms with E-state index in [1.54, 1.807) is 0 Å². The average Bonchev–Trinajstić information content (AvgIpc) is 2.44. The first-order chi connectivity index (χ1) is 7.70. The van der Waals surface area contributed by atoms with Gasteiger partial charge in [-0.3, -0.25) is 0 Å². The zero-order valence-electron chi connectivity index (χ0n) is 13.2. The summed E-state index contributed by atoms with van der Waals surface area (Å²) in [6, 6.07) is 0. The van der Waals surface area contributed by atoms with Gasteiger partial charge in [0, 0.05) is 0 Å². The minimum atomic E-state index is 0.495. The predicted molar refractivity (Wildman–Crippen MR) is 78.1 cm³/mol. The van der Waals surface area contributed by atoms with Crippen LogP contribution in [0, 0.1) is 35.0 Å².